The van der Waals surface area contributed by atoms with E-state index < -0.39 is 29.9 Å². The van der Waals surface area contributed by atoms with Gasteiger partial charge in [0, 0.05) is 26.2 Å². The van der Waals surface area contributed by atoms with Gasteiger partial charge >= 0.3 is 29.9 Å². The molecule has 0 radical (unpaired) electrons. The molecule has 0 unspecified atom stereocenters. The zero-order valence-electron chi connectivity index (χ0n) is 11.5. The molecule has 1 fully saturated rings. The number of alkyl halides is 9. The molecule has 1 rings (SSSR count). The quantitative estimate of drug-likeness (QED) is 0.775. The van der Waals surface area contributed by atoms with E-state index in [4.69, 9.17) is 0 Å². The third kappa shape index (κ3) is 3.49. The summed E-state index contributed by atoms with van der Waals surface area (Å²) in [5, 5.41) is 0.734. The summed E-state index contributed by atoms with van der Waals surface area (Å²) in [5.74, 6) is -23.2. The number of carbonyl (C=O) groups is 1. The molecule has 136 valence electrons. The number of hydrogen-bond acceptors (Lipinski definition) is 3. The number of hydrazine groups is 1. The van der Waals surface area contributed by atoms with Crippen LogP contribution in [0.2, 0.25) is 0 Å². The molecule has 0 bridgehead atoms. The van der Waals surface area contributed by atoms with Gasteiger partial charge in [-0.3, -0.25) is 10.2 Å². The summed E-state index contributed by atoms with van der Waals surface area (Å²) >= 11 is 0. The van der Waals surface area contributed by atoms with Gasteiger partial charge in [0.25, 0.3) is 0 Å². The first-order valence-electron chi connectivity index (χ1n) is 6.09. The van der Waals surface area contributed by atoms with Crippen LogP contribution in [0.3, 0.4) is 0 Å². The molecule has 1 saturated heterocycles. The Labute approximate surface area is 124 Å². The Hall–Kier alpha value is -1.24. The Kier molecular flexibility index (Phi) is 5.17. The largest absolute Gasteiger partial charge is 0.460 e. The maximum absolute atomic E-state index is 13.3. The van der Waals surface area contributed by atoms with Crippen LogP contribution in [-0.4, -0.2) is 73.0 Å². The molecular formula is C10H12F9N3O. The molecular weight excluding hydrogens is 349 g/mol. The number of halogens is 9. The smallest absolute Gasteiger partial charge is 0.304 e. The number of hydrogen-bond donors (Lipinski definition) is 1. The third-order valence-corrected chi connectivity index (χ3v) is 3.19. The summed E-state index contributed by atoms with van der Waals surface area (Å²) in [4.78, 5) is 12.8. The number of rotatable bonds is 4. The predicted octanol–water partition coefficient (Wildman–Crippen LogP) is 1.73. The van der Waals surface area contributed by atoms with Crippen LogP contribution in [0.4, 0.5) is 39.5 Å². The van der Waals surface area contributed by atoms with E-state index in [1.165, 1.54) is 5.43 Å². The van der Waals surface area contributed by atoms with E-state index in [-0.39, 0.29) is 26.2 Å². The van der Waals surface area contributed by atoms with Gasteiger partial charge in [0.05, 0.1) is 0 Å². The number of nitrogens with zero attached hydrogens (tertiary/aromatic N) is 2. The number of carbonyl (C=O) groups excluding carboxylic acids is 1. The predicted molar refractivity (Wildman–Crippen MR) is 58.1 cm³/mol. The Morgan fingerprint density at radius 1 is 0.826 bits per heavy atom. The van der Waals surface area contributed by atoms with E-state index >= 15 is 0 Å². The highest BCUT2D eigenvalue weighted by Gasteiger charge is 2.83. The second-order valence-electron chi connectivity index (χ2n) is 4.95. The van der Waals surface area contributed by atoms with E-state index in [0.717, 1.165) is 5.01 Å². The first-order valence-corrected chi connectivity index (χ1v) is 6.09. The molecule has 1 heterocycles. The topological polar surface area (TPSA) is 35.6 Å². The standard InChI is InChI=1S/C10H12F9N3O/c1-21-2-4-22(5-3-21)20-6(23)7(11,12)8(13,14)9(15,16)10(17,18)19/h2-5H2,1H3,(H,20,23). The average Bonchev–Trinajstić information content (AvgIpc) is 2.39. The molecule has 0 aromatic carbocycles. The van der Waals surface area contributed by atoms with E-state index in [0.29, 0.717) is 0 Å². The highest BCUT2D eigenvalue weighted by Crippen LogP contribution is 2.53. The van der Waals surface area contributed by atoms with Gasteiger partial charge in [0.1, 0.15) is 0 Å². The van der Waals surface area contributed by atoms with Crippen LogP contribution in [0.5, 0.6) is 0 Å². The zero-order chi connectivity index (χ0) is 18.3. The summed E-state index contributed by atoms with van der Waals surface area (Å²) in [6.45, 7) is 0.279. The lowest BCUT2D eigenvalue weighted by Crippen LogP contribution is -2.67. The van der Waals surface area contributed by atoms with Crippen molar-refractivity contribution < 1.29 is 44.3 Å². The molecule has 4 nitrogen and oxygen atoms in total. The Bertz CT molecular complexity index is 443. The minimum atomic E-state index is -7.08. The molecule has 23 heavy (non-hydrogen) atoms. The summed E-state index contributed by atoms with van der Waals surface area (Å²) in [6.07, 6.45) is -6.95. The number of piperazine rings is 1. The van der Waals surface area contributed by atoms with Crippen molar-refractivity contribution in [2.45, 2.75) is 23.9 Å². The lowest BCUT2D eigenvalue weighted by Gasteiger charge is -2.36. The lowest BCUT2D eigenvalue weighted by atomic mass is 10.0. The maximum Gasteiger partial charge on any atom is 0.460 e. The zero-order valence-corrected chi connectivity index (χ0v) is 11.5. The van der Waals surface area contributed by atoms with Crippen molar-refractivity contribution in [1.82, 2.24) is 15.3 Å². The van der Waals surface area contributed by atoms with E-state index in [1.807, 2.05) is 0 Å². The average molecular weight is 361 g/mol. The van der Waals surface area contributed by atoms with Crippen molar-refractivity contribution in [2.24, 2.45) is 0 Å². The van der Waals surface area contributed by atoms with Crippen molar-refractivity contribution in [3.8, 4) is 0 Å². The van der Waals surface area contributed by atoms with E-state index in [2.05, 4.69) is 0 Å². The summed E-state index contributed by atoms with van der Waals surface area (Å²) in [7, 11) is 1.63. The van der Waals surface area contributed by atoms with Crippen LogP contribution in [0.25, 0.3) is 0 Å². The van der Waals surface area contributed by atoms with Crippen LogP contribution in [0.1, 0.15) is 0 Å². The van der Waals surface area contributed by atoms with Gasteiger partial charge in [-0.2, -0.15) is 39.5 Å². The van der Waals surface area contributed by atoms with Crippen LogP contribution in [-0.2, 0) is 4.79 Å². The highest BCUT2D eigenvalue weighted by atomic mass is 19.4. The monoisotopic (exact) mass is 361 g/mol. The second kappa shape index (κ2) is 6.00. The molecule has 0 spiro atoms. The van der Waals surface area contributed by atoms with E-state index in [1.54, 1.807) is 11.9 Å². The van der Waals surface area contributed by atoms with Crippen molar-refractivity contribution in [3.63, 3.8) is 0 Å². The maximum atomic E-state index is 13.3. The first kappa shape index (κ1) is 19.8. The van der Waals surface area contributed by atoms with Gasteiger partial charge in [-0.25, -0.2) is 5.01 Å². The fourth-order valence-corrected chi connectivity index (χ4v) is 1.65. The Morgan fingerprint density at radius 3 is 1.65 bits per heavy atom. The van der Waals surface area contributed by atoms with Gasteiger partial charge in [-0.1, -0.05) is 0 Å². The Balaban J connectivity index is 2.93. The minimum Gasteiger partial charge on any atom is -0.304 e. The van der Waals surface area contributed by atoms with Gasteiger partial charge in [-0.15, -0.1) is 0 Å². The fourth-order valence-electron chi connectivity index (χ4n) is 1.65. The molecule has 0 atom stereocenters. The number of nitrogens with one attached hydrogen (secondary N) is 1. The SMILES string of the molecule is CN1CCN(NC(=O)C(F)(F)C(F)(F)C(F)(F)C(F)(F)F)CC1. The van der Waals surface area contributed by atoms with Crippen LogP contribution in [0.15, 0.2) is 0 Å². The molecule has 0 aliphatic carbocycles. The molecule has 0 aromatic heterocycles. The van der Waals surface area contributed by atoms with Crippen molar-refractivity contribution in [2.75, 3.05) is 33.2 Å². The van der Waals surface area contributed by atoms with Crippen LogP contribution < -0.4 is 5.43 Å². The van der Waals surface area contributed by atoms with Crippen LogP contribution in [0, 0.1) is 0 Å². The Morgan fingerprint density at radius 2 is 1.26 bits per heavy atom. The summed E-state index contributed by atoms with van der Waals surface area (Å²) in [5.41, 5.74) is 1.25. The van der Waals surface area contributed by atoms with Crippen LogP contribution >= 0.6 is 0 Å². The number of amides is 1. The molecule has 0 saturated carbocycles. The summed E-state index contributed by atoms with van der Waals surface area (Å²) < 4.78 is 114. The molecule has 1 aliphatic heterocycles. The molecule has 13 heteroatoms. The minimum absolute atomic E-state index is 0.0977. The van der Waals surface area contributed by atoms with Gasteiger partial charge < -0.3 is 4.90 Å². The fraction of sp³-hybridized carbons (Fsp3) is 0.900. The molecule has 1 amide bonds. The van der Waals surface area contributed by atoms with Gasteiger partial charge in [0.2, 0.25) is 0 Å². The molecule has 1 aliphatic rings. The summed E-state index contributed by atoms with van der Waals surface area (Å²) in [6, 6.07) is 0. The van der Waals surface area contributed by atoms with Crippen molar-refractivity contribution in [1.29, 1.82) is 0 Å². The van der Waals surface area contributed by atoms with E-state index in [9.17, 15) is 44.3 Å². The second-order valence-corrected chi connectivity index (χ2v) is 4.95. The molecule has 0 aromatic rings. The molecule has 1 N–H and O–H groups in total. The first-order chi connectivity index (χ1) is 10.1. The van der Waals surface area contributed by atoms with Gasteiger partial charge in [0.15, 0.2) is 0 Å². The number of likely N-dealkylation sites (N-methyl/N-ethyl adjacent to an activating group) is 1. The van der Waals surface area contributed by atoms with Crippen molar-refractivity contribution in [3.05, 3.63) is 0 Å². The third-order valence-electron chi connectivity index (χ3n) is 3.19. The van der Waals surface area contributed by atoms with Crippen molar-refractivity contribution >= 4 is 5.91 Å². The highest BCUT2D eigenvalue weighted by molar-refractivity contribution is 5.84. The normalized spacial score (nSPS) is 19.7. The lowest BCUT2D eigenvalue weighted by molar-refractivity contribution is -0.388. The van der Waals surface area contributed by atoms with Gasteiger partial charge in [-0.05, 0) is 7.05 Å².